The van der Waals surface area contributed by atoms with Gasteiger partial charge in [-0.05, 0) is 12.8 Å². The molecule has 62 valence electrons. The van der Waals surface area contributed by atoms with Gasteiger partial charge < -0.3 is 14.2 Å². The predicted molar refractivity (Wildman–Crippen MR) is 37.1 cm³/mol. The maximum Gasteiger partial charge on any atom is 0.184 e. The van der Waals surface area contributed by atoms with Crippen molar-refractivity contribution in [3.05, 3.63) is 0 Å². The van der Waals surface area contributed by atoms with Crippen LogP contribution in [0, 0.1) is 0 Å². The van der Waals surface area contributed by atoms with Gasteiger partial charge in [0.1, 0.15) is 6.10 Å². The highest BCUT2D eigenvalue weighted by Crippen LogP contribution is 2.43. The first-order valence-electron chi connectivity index (χ1n) is 4.29. The molecule has 0 bridgehead atoms. The second-order valence-electron chi connectivity index (χ2n) is 3.69. The molecule has 3 aliphatic heterocycles. The summed E-state index contributed by atoms with van der Waals surface area (Å²) in [6, 6.07) is 0. The first-order valence-corrected chi connectivity index (χ1v) is 4.29. The summed E-state index contributed by atoms with van der Waals surface area (Å²) in [6.45, 7) is 1.65. The van der Waals surface area contributed by atoms with E-state index >= 15 is 0 Å². The molecule has 3 nitrogen and oxygen atoms in total. The van der Waals surface area contributed by atoms with Crippen LogP contribution in [0.15, 0.2) is 0 Å². The van der Waals surface area contributed by atoms with E-state index in [4.69, 9.17) is 14.2 Å². The summed E-state index contributed by atoms with van der Waals surface area (Å²) in [4.78, 5) is 0. The van der Waals surface area contributed by atoms with Crippen LogP contribution < -0.4 is 0 Å². The van der Waals surface area contributed by atoms with E-state index in [0.29, 0.717) is 6.10 Å². The highest BCUT2D eigenvalue weighted by Gasteiger charge is 2.53. The summed E-state index contributed by atoms with van der Waals surface area (Å²) >= 11 is 0. The van der Waals surface area contributed by atoms with Gasteiger partial charge in [-0.3, -0.25) is 0 Å². The molecule has 0 aromatic carbocycles. The molecule has 0 saturated carbocycles. The van der Waals surface area contributed by atoms with E-state index in [1.165, 1.54) is 6.42 Å². The molecule has 3 heteroatoms. The molecule has 3 rings (SSSR count). The Kier molecular flexibility index (Phi) is 1.15. The Bertz CT molecular complexity index is 174. The highest BCUT2D eigenvalue weighted by atomic mass is 16.8. The summed E-state index contributed by atoms with van der Waals surface area (Å²) in [5.74, 6) is 0. The molecule has 0 amide bonds. The summed E-state index contributed by atoms with van der Waals surface area (Å²) in [5.41, 5.74) is 0.0394. The number of hydrogen-bond acceptors (Lipinski definition) is 3. The van der Waals surface area contributed by atoms with Crippen molar-refractivity contribution in [2.45, 2.75) is 37.3 Å². The third-order valence-electron chi connectivity index (χ3n) is 2.80. The Morgan fingerprint density at radius 2 is 2.36 bits per heavy atom. The molecule has 1 spiro atoms. The molecule has 3 atom stereocenters. The van der Waals surface area contributed by atoms with Gasteiger partial charge in [0.15, 0.2) is 6.29 Å². The average Bonchev–Trinajstić information content (AvgIpc) is 2.63. The fourth-order valence-corrected chi connectivity index (χ4v) is 2.11. The third-order valence-corrected chi connectivity index (χ3v) is 2.80. The monoisotopic (exact) mass is 156 g/mol. The first-order chi connectivity index (χ1) is 5.38. The minimum Gasteiger partial charge on any atom is -0.372 e. The minimum atomic E-state index is 0.0394. The number of fused-ring (bicyclic) bond motifs is 1. The maximum atomic E-state index is 5.67. The van der Waals surface area contributed by atoms with Crippen LogP contribution in [0.25, 0.3) is 0 Å². The normalized spacial score (nSPS) is 54.5. The van der Waals surface area contributed by atoms with E-state index in [0.717, 1.165) is 26.1 Å². The van der Waals surface area contributed by atoms with Crippen molar-refractivity contribution in [2.75, 3.05) is 13.2 Å². The van der Waals surface area contributed by atoms with Gasteiger partial charge in [-0.25, -0.2) is 0 Å². The number of rotatable bonds is 0. The highest BCUT2D eigenvalue weighted by molar-refractivity contribution is 4.97. The zero-order valence-corrected chi connectivity index (χ0v) is 6.41. The van der Waals surface area contributed by atoms with Gasteiger partial charge in [0.2, 0.25) is 0 Å². The lowest BCUT2D eigenvalue weighted by Gasteiger charge is -2.29. The Balaban J connectivity index is 1.76. The van der Waals surface area contributed by atoms with Crippen LogP contribution in [0.5, 0.6) is 0 Å². The van der Waals surface area contributed by atoms with Crippen LogP contribution in [0.3, 0.4) is 0 Å². The van der Waals surface area contributed by atoms with Crippen LogP contribution >= 0.6 is 0 Å². The Hall–Kier alpha value is -0.120. The molecular weight excluding hydrogens is 144 g/mol. The quantitative estimate of drug-likeness (QED) is 0.483. The van der Waals surface area contributed by atoms with Crippen molar-refractivity contribution in [2.24, 2.45) is 0 Å². The standard InChI is InChI=1S/C8H12O3/c1-2-8(10-3-1)4-6-7(11-6)9-5-8/h6-7H,1-5H2. The average molecular weight is 156 g/mol. The van der Waals surface area contributed by atoms with Gasteiger partial charge in [0, 0.05) is 13.0 Å². The second-order valence-corrected chi connectivity index (χ2v) is 3.69. The van der Waals surface area contributed by atoms with E-state index in [-0.39, 0.29) is 11.9 Å². The van der Waals surface area contributed by atoms with Crippen molar-refractivity contribution < 1.29 is 14.2 Å². The molecule has 0 N–H and O–H groups in total. The van der Waals surface area contributed by atoms with Crippen molar-refractivity contribution in [1.29, 1.82) is 0 Å². The van der Waals surface area contributed by atoms with Crippen molar-refractivity contribution >= 4 is 0 Å². The molecule has 0 aromatic rings. The third kappa shape index (κ3) is 0.916. The van der Waals surface area contributed by atoms with Crippen molar-refractivity contribution in [1.82, 2.24) is 0 Å². The molecule has 11 heavy (non-hydrogen) atoms. The van der Waals surface area contributed by atoms with Gasteiger partial charge in [-0.2, -0.15) is 0 Å². The maximum absolute atomic E-state index is 5.67. The number of ether oxygens (including phenoxy) is 3. The van der Waals surface area contributed by atoms with Crippen LogP contribution in [0.1, 0.15) is 19.3 Å². The van der Waals surface area contributed by atoms with Gasteiger partial charge in [0.05, 0.1) is 12.2 Å². The van der Waals surface area contributed by atoms with E-state index in [1.807, 2.05) is 0 Å². The van der Waals surface area contributed by atoms with Crippen molar-refractivity contribution in [3.63, 3.8) is 0 Å². The Morgan fingerprint density at radius 1 is 1.36 bits per heavy atom. The van der Waals surface area contributed by atoms with E-state index in [1.54, 1.807) is 0 Å². The molecule has 0 aliphatic carbocycles. The zero-order valence-electron chi connectivity index (χ0n) is 6.41. The van der Waals surface area contributed by atoms with Gasteiger partial charge in [0.25, 0.3) is 0 Å². The van der Waals surface area contributed by atoms with Gasteiger partial charge >= 0.3 is 0 Å². The lowest BCUT2D eigenvalue weighted by atomic mass is 9.93. The molecule has 3 saturated heterocycles. The molecule has 3 heterocycles. The van der Waals surface area contributed by atoms with Crippen LogP contribution in [-0.4, -0.2) is 31.2 Å². The molecule has 3 aliphatic rings. The lowest BCUT2D eigenvalue weighted by Crippen LogP contribution is -2.39. The van der Waals surface area contributed by atoms with Crippen molar-refractivity contribution in [3.8, 4) is 0 Å². The first kappa shape index (κ1) is 6.40. The SMILES string of the molecule is C1COC2(C1)COC1OC1C2. The molecule has 0 aromatic heterocycles. The van der Waals surface area contributed by atoms with Gasteiger partial charge in [-0.1, -0.05) is 0 Å². The molecule has 3 fully saturated rings. The van der Waals surface area contributed by atoms with E-state index < -0.39 is 0 Å². The molecule has 0 radical (unpaired) electrons. The summed E-state index contributed by atoms with van der Waals surface area (Å²) in [5, 5.41) is 0. The zero-order chi connectivity index (χ0) is 7.31. The van der Waals surface area contributed by atoms with E-state index in [9.17, 15) is 0 Å². The summed E-state index contributed by atoms with van der Waals surface area (Å²) < 4.78 is 16.4. The Labute approximate surface area is 65.6 Å². The molecule has 3 unspecified atom stereocenters. The fourth-order valence-electron chi connectivity index (χ4n) is 2.11. The summed E-state index contributed by atoms with van der Waals surface area (Å²) in [7, 11) is 0. The minimum absolute atomic E-state index is 0.0394. The predicted octanol–water partition coefficient (Wildman–Crippen LogP) is 0.681. The number of hydrogen-bond donors (Lipinski definition) is 0. The largest absolute Gasteiger partial charge is 0.372 e. The van der Waals surface area contributed by atoms with Crippen LogP contribution in [0.2, 0.25) is 0 Å². The Morgan fingerprint density at radius 3 is 3.09 bits per heavy atom. The lowest BCUT2D eigenvalue weighted by molar-refractivity contribution is -0.0984. The van der Waals surface area contributed by atoms with Crippen LogP contribution in [0.4, 0.5) is 0 Å². The van der Waals surface area contributed by atoms with Gasteiger partial charge in [-0.15, -0.1) is 0 Å². The smallest absolute Gasteiger partial charge is 0.184 e. The molecular formula is C8H12O3. The second kappa shape index (κ2) is 1.97. The van der Waals surface area contributed by atoms with E-state index in [2.05, 4.69) is 0 Å². The topological polar surface area (TPSA) is 31.0 Å². The fraction of sp³-hybridized carbons (Fsp3) is 1.00. The summed E-state index contributed by atoms with van der Waals surface area (Å²) in [6.07, 6.45) is 3.85. The number of epoxide rings is 1. The van der Waals surface area contributed by atoms with Crippen LogP contribution in [-0.2, 0) is 14.2 Å².